The van der Waals surface area contributed by atoms with E-state index in [-0.39, 0.29) is 11.9 Å². The molecule has 1 fully saturated rings. The second kappa shape index (κ2) is 8.86. The average Bonchev–Trinajstić information content (AvgIpc) is 3.30. The summed E-state index contributed by atoms with van der Waals surface area (Å²) in [5, 5.41) is 7.41. The zero-order valence-corrected chi connectivity index (χ0v) is 16.6. The quantitative estimate of drug-likeness (QED) is 0.675. The lowest BCUT2D eigenvalue weighted by molar-refractivity contribution is 0.0922. The summed E-state index contributed by atoms with van der Waals surface area (Å²) in [5.74, 6) is -0.0807. The number of benzene rings is 1. The van der Waals surface area contributed by atoms with Gasteiger partial charge in [-0.15, -0.1) is 0 Å². The Hall–Kier alpha value is -3.21. The van der Waals surface area contributed by atoms with Gasteiger partial charge in [-0.05, 0) is 60.2 Å². The van der Waals surface area contributed by atoms with E-state index in [9.17, 15) is 4.79 Å². The Morgan fingerprint density at radius 3 is 2.69 bits per heavy atom. The minimum absolute atomic E-state index is 0.0807. The molecule has 0 atom stereocenters. The molecular formula is C24H26N4O. The van der Waals surface area contributed by atoms with Gasteiger partial charge in [-0.2, -0.15) is 5.10 Å². The third-order valence-electron chi connectivity index (χ3n) is 5.52. The van der Waals surface area contributed by atoms with Crippen LogP contribution in [0.3, 0.4) is 0 Å². The molecule has 0 spiro atoms. The summed E-state index contributed by atoms with van der Waals surface area (Å²) in [4.78, 5) is 17.1. The summed E-state index contributed by atoms with van der Waals surface area (Å²) in [7, 11) is 0. The Bertz CT molecular complexity index is 971. The van der Waals surface area contributed by atoms with E-state index in [1.54, 1.807) is 18.5 Å². The summed E-state index contributed by atoms with van der Waals surface area (Å²) in [5.41, 5.74) is 4.66. The lowest BCUT2D eigenvalue weighted by Crippen LogP contribution is -2.36. The number of pyridine rings is 1. The maximum atomic E-state index is 12.7. The number of hydrogen-bond donors (Lipinski definition) is 1. The topological polar surface area (TPSA) is 59.8 Å². The Labute approximate surface area is 171 Å². The van der Waals surface area contributed by atoms with Gasteiger partial charge < -0.3 is 5.32 Å². The van der Waals surface area contributed by atoms with Crippen LogP contribution < -0.4 is 5.32 Å². The van der Waals surface area contributed by atoms with Gasteiger partial charge in [0.25, 0.3) is 5.91 Å². The van der Waals surface area contributed by atoms with Gasteiger partial charge in [0.15, 0.2) is 0 Å². The van der Waals surface area contributed by atoms with Crippen LogP contribution in [0.25, 0.3) is 11.8 Å². The number of amides is 1. The normalized spacial score (nSPS) is 14.5. The van der Waals surface area contributed by atoms with Crippen molar-refractivity contribution in [3.05, 3.63) is 84.0 Å². The summed E-state index contributed by atoms with van der Waals surface area (Å²) in [6.07, 6.45) is 13.7. The van der Waals surface area contributed by atoms with E-state index in [4.69, 9.17) is 0 Å². The van der Waals surface area contributed by atoms with Crippen LogP contribution in [0.2, 0.25) is 0 Å². The Morgan fingerprint density at radius 2 is 2.00 bits per heavy atom. The lowest BCUT2D eigenvalue weighted by Gasteiger charge is -2.22. The first-order valence-corrected chi connectivity index (χ1v) is 10.2. The van der Waals surface area contributed by atoms with Crippen LogP contribution in [0.15, 0.2) is 61.6 Å². The van der Waals surface area contributed by atoms with Crippen molar-refractivity contribution in [3.63, 3.8) is 0 Å². The van der Waals surface area contributed by atoms with Crippen LogP contribution in [-0.4, -0.2) is 26.7 Å². The predicted molar refractivity (Wildman–Crippen MR) is 115 cm³/mol. The lowest BCUT2D eigenvalue weighted by atomic mass is 9.95. The molecule has 1 saturated carbocycles. The summed E-state index contributed by atoms with van der Waals surface area (Å²) >= 11 is 0. The molecule has 1 aliphatic rings. The van der Waals surface area contributed by atoms with Crippen LogP contribution in [0, 0.1) is 0 Å². The van der Waals surface area contributed by atoms with Crippen molar-refractivity contribution >= 4 is 12.0 Å². The molecule has 0 unspecified atom stereocenters. The van der Waals surface area contributed by atoms with Gasteiger partial charge in [-0.1, -0.05) is 44.1 Å². The molecule has 0 aliphatic heterocycles. The maximum Gasteiger partial charge on any atom is 0.270 e. The van der Waals surface area contributed by atoms with E-state index >= 15 is 0 Å². The highest BCUT2D eigenvalue weighted by atomic mass is 16.1. The molecule has 1 aromatic carbocycles. The van der Waals surface area contributed by atoms with E-state index in [1.165, 1.54) is 19.3 Å². The highest BCUT2D eigenvalue weighted by Gasteiger charge is 2.18. The van der Waals surface area contributed by atoms with Gasteiger partial charge in [-0.25, -0.2) is 4.68 Å². The van der Waals surface area contributed by atoms with Crippen LogP contribution in [0.5, 0.6) is 0 Å². The number of aromatic nitrogens is 3. The Balaban J connectivity index is 1.50. The number of rotatable bonds is 6. The monoisotopic (exact) mass is 386 g/mol. The molecule has 4 rings (SSSR count). The smallest absolute Gasteiger partial charge is 0.270 e. The number of nitrogens with zero attached hydrogens (tertiary/aromatic N) is 3. The summed E-state index contributed by atoms with van der Waals surface area (Å²) < 4.78 is 1.83. The molecule has 29 heavy (non-hydrogen) atoms. The predicted octanol–water partition coefficient (Wildman–Crippen LogP) is 4.56. The molecule has 2 aromatic heterocycles. The third kappa shape index (κ3) is 4.62. The van der Waals surface area contributed by atoms with Crippen LogP contribution in [0.4, 0.5) is 0 Å². The van der Waals surface area contributed by atoms with Gasteiger partial charge in [0.2, 0.25) is 0 Å². The molecule has 0 bridgehead atoms. The highest BCUT2D eigenvalue weighted by molar-refractivity contribution is 5.92. The first kappa shape index (κ1) is 19.1. The molecule has 1 aliphatic carbocycles. The molecule has 0 saturated heterocycles. The zero-order chi connectivity index (χ0) is 20.1. The minimum Gasteiger partial charge on any atom is -0.348 e. The largest absolute Gasteiger partial charge is 0.348 e. The molecule has 5 heteroatoms. The van der Waals surface area contributed by atoms with Crippen molar-refractivity contribution < 1.29 is 4.79 Å². The van der Waals surface area contributed by atoms with Gasteiger partial charge in [0.1, 0.15) is 5.69 Å². The molecular weight excluding hydrogens is 360 g/mol. The zero-order valence-electron chi connectivity index (χ0n) is 16.6. The molecule has 1 amide bonds. The van der Waals surface area contributed by atoms with Crippen LogP contribution in [0.1, 0.15) is 59.3 Å². The standard InChI is InChI=1S/C24H26N4O/c1-2-19-17-25-23(24(29)27-21-7-4-3-5-8-21)16-20(19)15-18-9-11-22(12-10-18)28-14-6-13-26-28/h2,6,9-14,16-17,21H,1,3-5,7-8,15H2,(H,27,29). The maximum absolute atomic E-state index is 12.7. The van der Waals surface area contributed by atoms with Crippen molar-refractivity contribution in [1.82, 2.24) is 20.1 Å². The molecule has 5 nitrogen and oxygen atoms in total. The molecule has 2 heterocycles. The average molecular weight is 386 g/mol. The van der Waals surface area contributed by atoms with Gasteiger partial charge in [-0.3, -0.25) is 9.78 Å². The summed E-state index contributed by atoms with van der Waals surface area (Å²) in [6.45, 7) is 3.90. The fraction of sp³-hybridized carbons (Fsp3) is 0.292. The fourth-order valence-corrected chi connectivity index (χ4v) is 3.88. The SMILES string of the molecule is C=Cc1cnc(C(=O)NC2CCCCC2)cc1Cc1ccc(-n2cccn2)cc1. The number of carbonyl (C=O) groups excluding carboxylic acids is 1. The molecule has 0 radical (unpaired) electrons. The van der Waals surface area contributed by atoms with E-state index in [0.29, 0.717) is 12.1 Å². The molecule has 3 aromatic rings. The van der Waals surface area contributed by atoms with Crippen molar-refractivity contribution in [2.24, 2.45) is 0 Å². The van der Waals surface area contributed by atoms with Gasteiger partial charge in [0, 0.05) is 24.6 Å². The van der Waals surface area contributed by atoms with Crippen molar-refractivity contribution in [3.8, 4) is 5.69 Å². The first-order chi connectivity index (χ1) is 14.2. The van der Waals surface area contributed by atoms with Gasteiger partial charge in [0.05, 0.1) is 5.69 Å². The van der Waals surface area contributed by atoms with Crippen molar-refractivity contribution in [2.45, 2.75) is 44.6 Å². The second-order valence-electron chi connectivity index (χ2n) is 7.57. The van der Waals surface area contributed by atoms with E-state index in [2.05, 4.69) is 34.1 Å². The molecule has 148 valence electrons. The van der Waals surface area contributed by atoms with Gasteiger partial charge >= 0.3 is 0 Å². The third-order valence-corrected chi connectivity index (χ3v) is 5.52. The minimum atomic E-state index is -0.0807. The Morgan fingerprint density at radius 1 is 1.21 bits per heavy atom. The number of hydrogen-bond acceptors (Lipinski definition) is 3. The van der Waals surface area contributed by atoms with Crippen LogP contribution >= 0.6 is 0 Å². The van der Waals surface area contributed by atoms with E-state index in [1.807, 2.05) is 35.1 Å². The summed E-state index contributed by atoms with van der Waals surface area (Å²) in [6, 6.07) is 12.4. The Kier molecular flexibility index (Phi) is 5.84. The van der Waals surface area contributed by atoms with E-state index < -0.39 is 0 Å². The van der Waals surface area contributed by atoms with Crippen molar-refractivity contribution in [1.29, 1.82) is 0 Å². The van der Waals surface area contributed by atoms with Crippen molar-refractivity contribution in [2.75, 3.05) is 0 Å². The second-order valence-corrected chi connectivity index (χ2v) is 7.57. The number of nitrogens with one attached hydrogen (secondary N) is 1. The first-order valence-electron chi connectivity index (χ1n) is 10.2. The van der Waals surface area contributed by atoms with Crippen LogP contribution in [-0.2, 0) is 6.42 Å². The fourth-order valence-electron chi connectivity index (χ4n) is 3.88. The number of carbonyl (C=O) groups is 1. The molecule has 1 N–H and O–H groups in total. The highest BCUT2D eigenvalue weighted by Crippen LogP contribution is 2.20. The van der Waals surface area contributed by atoms with E-state index in [0.717, 1.165) is 35.2 Å².